The van der Waals surface area contributed by atoms with Gasteiger partial charge in [-0.3, -0.25) is 0 Å². The summed E-state index contributed by atoms with van der Waals surface area (Å²) in [5.74, 6) is 0. The molecule has 0 aromatic heterocycles. The molecule has 0 radical (unpaired) electrons. The van der Waals surface area contributed by atoms with Gasteiger partial charge in [0.25, 0.3) is 0 Å². The van der Waals surface area contributed by atoms with E-state index in [9.17, 15) is 0 Å². The summed E-state index contributed by atoms with van der Waals surface area (Å²) in [5.41, 5.74) is 0. The third-order valence-corrected chi connectivity index (χ3v) is 1.76. The van der Waals surface area contributed by atoms with E-state index in [4.69, 9.17) is 5.26 Å². The predicted molar refractivity (Wildman–Crippen MR) is 32.8 cm³/mol. The van der Waals surface area contributed by atoms with Crippen molar-refractivity contribution in [2.45, 2.75) is 38.2 Å². The lowest BCUT2D eigenvalue weighted by molar-refractivity contribution is -0.632. The zero-order chi connectivity index (χ0) is 7.23. The molecule has 1 rings (SSSR count). The maximum atomic E-state index is 7.75. The van der Waals surface area contributed by atoms with E-state index < -0.39 is 0 Å². The highest BCUT2D eigenvalue weighted by molar-refractivity contribution is 4.62. The van der Waals surface area contributed by atoms with Gasteiger partial charge in [-0.25, -0.2) is 10.1 Å². The summed E-state index contributed by atoms with van der Waals surface area (Å²) in [4.78, 5) is 4.66. The van der Waals surface area contributed by atoms with Crippen LogP contribution in [0.4, 0.5) is 0 Å². The van der Waals surface area contributed by atoms with Gasteiger partial charge in [-0.2, -0.15) is 0 Å². The Labute approximate surface area is 59.5 Å². The first-order valence-corrected chi connectivity index (χ1v) is 3.57. The van der Waals surface area contributed by atoms with Gasteiger partial charge in [-0.15, -0.1) is 0 Å². The normalized spacial score (nSPS) is 21.3. The average Bonchev–Trinajstić information content (AvgIpc) is 2.03. The molecule has 1 fully saturated rings. The quantitative estimate of drug-likeness (QED) is 0.488. The van der Waals surface area contributed by atoms with Crippen molar-refractivity contribution in [2.24, 2.45) is 0 Å². The van der Waals surface area contributed by atoms with Crippen LogP contribution < -0.4 is 0 Å². The van der Waals surface area contributed by atoms with Crippen molar-refractivity contribution in [3.8, 4) is 0 Å². The second-order valence-corrected chi connectivity index (χ2v) is 2.50. The fraction of sp³-hybridized carbons (Fsp3) is 1.00. The molecule has 1 N–H and O–H groups in total. The van der Waals surface area contributed by atoms with Crippen molar-refractivity contribution in [2.75, 3.05) is 0 Å². The third kappa shape index (κ3) is 2.62. The lowest BCUT2D eigenvalue weighted by Crippen LogP contribution is -2.16. The van der Waals surface area contributed by atoms with Gasteiger partial charge in [0.05, 0.1) is 6.10 Å². The van der Waals surface area contributed by atoms with Crippen LogP contribution in [-0.2, 0) is 15.0 Å². The van der Waals surface area contributed by atoms with Gasteiger partial charge in [0.15, 0.2) is 0 Å². The summed E-state index contributed by atoms with van der Waals surface area (Å²) in [6, 6.07) is 0. The molecule has 0 bridgehead atoms. The molecule has 1 aliphatic rings. The summed E-state index contributed by atoms with van der Waals surface area (Å²) in [5, 5.41) is 15.0. The first-order chi connectivity index (χ1) is 4.93. The monoisotopic (exact) mass is 148 g/mol. The molecule has 0 heterocycles. The first-order valence-electron chi connectivity index (χ1n) is 3.57. The standard InChI is InChI=1S/C6H12O4/c7-9-10-8-6-4-2-1-3-5-6/h6-7H,1-5H2. The third-order valence-electron chi connectivity index (χ3n) is 1.76. The zero-order valence-corrected chi connectivity index (χ0v) is 5.78. The van der Waals surface area contributed by atoms with Crippen molar-refractivity contribution in [1.29, 1.82) is 0 Å². The minimum absolute atomic E-state index is 0.0981. The summed E-state index contributed by atoms with van der Waals surface area (Å²) in [6.45, 7) is 0. The van der Waals surface area contributed by atoms with Gasteiger partial charge in [-0.05, 0) is 22.9 Å². The zero-order valence-electron chi connectivity index (χ0n) is 5.78. The SMILES string of the molecule is OOOOC1CCCCC1. The Balaban J connectivity index is 2.02. The van der Waals surface area contributed by atoms with E-state index in [0.29, 0.717) is 0 Å². The van der Waals surface area contributed by atoms with Gasteiger partial charge >= 0.3 is 0 Å². The molecular weight excluding hydrogens is 136 g/mol. The van der Waals surface area contributed by atoms with Crippen molar-refractivity contribution in [3.05, 3.63) is 0 Å². The Hall–Kier alpha value is -0.160. The number of hydrogen-bond donors (Lipinski definition) is 1. The van der Waals surface area contributed by atoms with E-state index >= 15 is 0 Å². The van der Waals surface area contributed by atoms with Crippen molar-refractivity contribution in [3.63, 3.8) is 0 Å². The van der Waals surface area contributed by atoms with Gasteiger partial charge in [0.1, 0.15) is 0 Å². The minimum Gasteiger partial charge on any atom is -0.219 e. The first kappa shape index (κ1) is 7.94. The maximum Gasteiger partial charge on any atom is 0.0962 e. The predicted octanol–water partition coefficient (Wildman–Crippen LogP) is 1.67. The van der Waals surface area contributed by atoms with E-state index in [-0.39, 0.29) is 6.10 Å². The summed E-state index contributed by atoms with van der Waals surface area (Å²) < 4.78 is 0. The van der Waals surface area contributed by atoms with Crippen molar-refractivity contribution < 1.29 is 20.2 Å². The van der Waals surface area contributed by atoms with Crippen LogP contribution in [-0.4, -0.2) is 11.4 Å². The Morgan fingerprint density at radius 2 is 1.80 bits per heavy atom. The number of hydrogen-bond acceptors (Lipinski definition) is 4. The summed E-state index contributed by atoms with van der Waals surface area (Å²) in [7, 11) is 0. The van der Waals surface area contributed by atoms with Crippen LogP contribution in [0.1, 0.15) is 32.1 Å². The van der Waals surface area contributed by atoms with E-state index in [2.05, 4.69) is 15.0 Å². The molecule has 0 atom stereocenters. The molecule has 60 valence electrons. The second kappa shape index (κ2) is 4.62. The molecule has 0 saturated heterocycles. The van der Waals surface area contributed by atoms with Crippen LogP contribution in [0.25, 0.3) is 0 Å². The van der Waals surface area contributed by atoms with Crippen LogP contribution in [0.2, 0.25) is 0 Å². The molecule has 0 aromatic carbocycles. The molecule has 4 nitrogen and oxygen atoms in total. The van der Waals surface area contributed by atoms with Gasteiger partial charge in [0, 0.05) is 0 Å². The lowest BCUT2D eigenvalue weighted by atomic mass is 9.98. The summed E-state index contributed by atoms with van der Waals surface area (Å²) in [6.07, 6.45) is 5.67. The molecule has 4 heteroatoms. The molecule has 1 aliphatic carbocycles. The fourth-order valence-corrected chi connectivity index (χ4v) is 1.23. The van der Waals surface area contributed by atoms with Gasteiger partial charge < -0.3 is 0 Å². The van der Waals surface area contributed by atoms with E-state index in [1.165, 1.54) is 19.3 Å². The molecule has 0 unspecified atom stereocenters. The van der Waals surface area contributed by atoms with Crippen LogP contribution in [0.5, 0.6) is 0 Å². The van der Waals surface area contributed by atoms with Gasteiger partial charge in [-0.1, -0.05) is 19.3 Å². The van der Waals surface area contributed by atoms with Crippen LogP contribution in [0, 0.1) is 0 Å². The van der Waals surface area contributed by atoms with E-state index in [0.717, 1.165) is 12.8 Å². The molecule has 0 amide bonds. The van der Waals surface area contributed by atoms with E-state index in [1.54, 1.807) is 0 Å². The second-order valence-electron chi connectivity index (χ2n) is 2.50. The van der Waals surface area contributed by atoms with Gasteiger partial charge in [0.2, 0.25) is 0 Å². The highest BCUT2D eigenvalue weighted by Gasteiger charge is 2.14. The molecular formula is C6H12O4. The molecule has 0 spiro atoms. The lowest BCUT2D eigenvalue weighted by Gasteiger charge is -2.18. The smallest absolute Gasteiger partial charge is 0.0962 e. The van der Waals surface area contributed by atoms with E-state index in [1.807, 2.05) is 0 Å². The average molecular weight is 148 g/mol. The summed E-state index contributed by atoms with van der Waals surface area (Å²) >= 11 is 0. The Morgan fingerprint density at radius 1 is 1.10 bits per heavy atom. The molecule has 1 saturated carbocycles. The highest BCUT2D eigenvalue weighted by atomic mass is 17.6. The fourth-order valence-electron chi connectivity index (χ4n) is 1.23. The van der Waals surface area contributed by atoms with Crippen molar-refractivity contribution >= 4 is 0 Å². The van der Waals surface area contributed by atoms with Crippen molar-refractivity contribution in [1.82, 2.24) is 0 Å². The Morgan fingerprint density at radius 3 is 2.40 bits per heavy atom. The molecule has 0 aliphatic heterocycles. The molecule has 0 aromatic rings. The Kier molecular flexibility index (Phi) is 3.67. The van der Waals surface area contributed by atoms with Crippen LogP contribution in [0.15, 0.2) is 0 Å². The topological polar surface area (TPSA) is 47.9 Å². The van der Waals surface area contributed by atoms with Crippen LogP contribution >= 0.6 is 0 Å². The Bertz CT molecular complexity index is 79.8. The largest absolute Gasteiger partial charge is 0.219 e. The highest BCUT2D eigenvalue weighted by Crippen LogP contribution is 2.20. The minimum atomic E-state index is 0.0981. The maximum absolute atomic E-state index is 7.75. The number of rotatable bonds is 3. The van der Waals surface area contributed by atoms with Crippen LogP contribution in [0.3, 0.4) is 0 Å². The molecule has 10 heavy (non-hydrogen) atoms.